The summed E-state index contributed by atoms with van der Waals surface area (Å²) in [6, 6.07) is 8.09. The molecule has 2 rings (SSSR count). The Morgan fingerprint density at radius 2 is 2.00 bits per heavy atom. The predicted octanol–water partition coefficient (Wildman–Crippen LogP) is 4.24. The monoisotopic (exact) mass is 384 g/mol. The van der Waals surface area contributed by atoms with Crippen molar-refractivity contribution in [1.29, 1.82) is 0 Å². The van der Waals surface area contributed by atoms with E-state index in [1.807, 2.05) is 19.1 Å². The number of carbonyl (C=O) groups excluding carboxylic acids is 1. The molecule has 0 bridgehead atoms. The maximum absolute atomic E-state index is 13.3. The number of hydrogen-bond acceptors (Lipinski definition) is 2. The second-order valence-electron chi connectivity index (χ2n) is 4.77. The summed E-state index contributed by atoms with van der Waals surface area (Å²) in [6.07, 6.45) is 0. The fraction of sp³-hybridized carbons (Fsp3) is 0.188. The Labute approximate surface area is 141 Å². The van der Waals surface area contributed by atoms with Crippen LogP contribution in [0.2, 0.25) is 0 Å². The minimum absolute atomic E-state index is 0.0582. The first kappa shape index (κ1) is 17.2. The summed E-state index contributed by atoms with van der Waals surface area (Å²) < 4.78 is 32.2. The molecule has 4 nitrogen and oxygen atoms in total. The fourth-order valence-corrected chi connectivity index (χ4v) is 2.06. The topological polar surface area (TPSA) is 50.4 Å². The minimum atomic E-state index is -0.778. The van der Waals surface area contributed by atoms with Gasteiger partial charge >= 0.3 is 6.03 Å². The summed E-state index contributed by atoms with van der Waals surface area (Å²) in [5, 5.41) is 5.26. The van der Waals surface area contributed by atoms with Gasteiger partial charge < -0.3 is 15.4 Å². The molecule has 2 aromatic carbocycles. The molecule has 0 fully saturated rings. The number of urea groups is 1. The van der Waals surface area contributed by atoms with Crippen LogP contribution in [0.3, 0.4) is 0 Å². The van der Waals surface area contributed by atoms with Gasteiger partial charge in [0, 0.05) is 16.2 Å². The average molecular weight is 385 g/mol. The van der Waals surface area contributed by atoms with E-state index in [2.05, 4.69) is 26.6 Å². The molecule has 0 unspecified atom stereocenters. The molecular weight excluding hydrogens is 370 g/mol. The lowest BCUT2D eigenvalue weighted by atomic mass is 10.2. The molecule has 0 aliphatic rings. The Bertz CT molecular complexity index is 710. The molecule has 0 spiro atoms. The number of rotatable bonds is 5. The number of halogens is 3. The van der Waals surface area contributed by atoms with E-state index in [0.717, 1.165) is 22.2 Å². The van der Waals surface area contributed by atoms with Crippen LogP contribution in [0.4, 0.5) is 19.3 Å². The Hall–Kier alpha value is -2.15. The quantitative estimate of drug-likeness (QED) is 0.757. The number of hydrogen-bond donors (Lipinski definition) is 2. The van der Waals surface area contributed by atoms with Gasteiger partial charge in [0.25, 0.3) is 0 Å². The number of anilines is 1. The Kier molecular flexibility index (Phi) is 5.92. The summed E-state index contributed by atoms with van der Waals surface area (Å²) in [4.78, 5) is 11.7. The molecular formula is C16H15BrF2N2O2. The molecule has 0 aliphatic carbocycles. The highest BCUT2D eigenvalue weighted by Crippen LogP contribution is 2.20. The Morgan fingerprint density at radius 1 is 1.22 bits per heavy atom. The zero-order chi connectivity index (χ0) is 16.8. The molecule has 23 heavy (non-hydrogen) atoms. The predicted molar refractivity (Wildman–Crippen MR) is 87.8 cm³/mol. The third-order valence-corrected chi connectivity index (χ3v) is 3.84. The van der Waals surface area contributed by atoms with Crippen LogP contribution in [-0.4, -0.2) is 19.2 Å². The molecule has 2 aromatic rings. The summed E-state index contributed by atoms with van der Waals surface area (Å²) in [6.45, 7) is 2.16. The lowest BCUT2D eigenvalue weighted by Crippen LogP contribution is -2.32. The maximum Gasteiger partial charge on any atom is 0.319 e. The number of benzene rings is 2. The van der Waals surface area contributed by atoms with Gasteiger partial charge in [-0.2, -0.15) is 0 Å². The van der Waals surface area contributed by atoms with Crippen molar-refractivity contribution in [2.45, 2.75) is 6.92 Å². The van der Waals surface area contributed by atoms with Gasteiger partial charge in [-0.3, -0.25) is 0 Å². The van der Waals surface area contributed by atoms with E-state index in [1.54, 1.807) is 6.07 Å². The van der Waals surface area contributed by atoms with Crippen molar-refractivity contribution in [3.63, 3.8) is 0 Å². The van der Waals surface area contributed by atoms with Gasteiger partial charge in [0.05, 0.1) is 6.54 Å². The standard InChI is InChI=1S/C16H15BrF2N2O2/c1-10-8-12(3-4-13(10)17)21-16(22)20-6-7-23-15-5-2-11(18)9-14(15)19/h2-5,8-9H,6-7H2,1H3,(H2,20,21,22). The highest BCUT2D eigenvalue weighted by atomic mass is 79.9. The van der Waals surface area contributed by atoms with Crippen molar-refractivity contribution in [3.8, 4) is 5.75 Å². The van der Waals surface area contributed by atoms with Crippen LogP contribution in [-0.2, 0) is 0 Å². The first-order valence-corrected chi connectivity index (χ1v) is 7.64. The molecule has 2 amide bonds. The van der Waals surface area contributed by atoms with Gasteiger partial charge in [0.15, 0.2) is 11.6 Å². The smallest absolute Gasteiger partial charge is 0.319 e. The van der Waals surface area contributed by atoms with Gasteiger partial charge in [0.2, 0.25) is 0 Å². The molecule has 0 saturated carbocycles. The molecule has 2 N–H and O–H groups in total. The average Bonchev–Trinajstić information content (AvgIpc) is 2.49. The van der Waals surface area contributed by atoms with Gasteiger partial charge in [-0.25, -0.2) is 13.6 Å². The number of carbonyl (C=O) groups is 1. The van der Waals surface area contributed by atoms with Crippen molar-refractivity contribution in [3.05, 3.63) is 58.1 Å². The van der Waals surface area contributed by atoms with Gasteiger partial charge in [-0.1, -0.05) is 15.9 Å². The van der Waals surface area contributed by atoms with Crippen LogP contribution in [0.25, 0.3) is 0 Å². The van der Waals surface area contributed by atoms with Crippen LogP contribution in [0.5, 0.6) is 5.75 Å². The maximum atomic E-state index is 13.3. The number of amides is 2. The normalized spacial score (nSPS) is 10.3. The lowest BCUT2D eigenvalue weighted by molar-refractivity contribution is 0.246. The van der Waals surface area contributed by atoms with Gasteiger partial charge in [0.1, 0.15) is 12.4 Å². The third kappa shape index (κ3) is 5.21. The van der Waals surface area contributed by atoms with Crippen molar-refractivity contribution in [2.75, 3.05) is 18.5 Å². The van der Waals surface area contributed by atoms with Crippen LogP contribution < -0.4 is 15.4 Å². The summed E-state index contributed by atoms with van der Waals surface area (Å²) >= 11 is 3.38. The van der Waals surface area contributed by atoms with Crippen LogP contribution in [0.15, 0.2) is 40.9 Å². The minimum Gasteiger partial charge on any atom is -0.489 e. The van der Waals surface area contributed by atoms with Crippen LogP contribution in [0.1, 0.15) is 5.56 Å². The molecule has 0 saturated heterocycles. The fourth-order valence-electron chi connectivity index (χ4n) is 1.82. The molecule has 0 heterocycles. The molecule has 0 atom stereocenters. The molecule has 0 aliphatic heterocycles. The van der Waals surface area contributed by atoms with E-state index in [-0.39, 0.29) is 18.9 Å². The van der Waals surface area contributed by atoms with E-state index >= 15 is 0 Å². The first-order valence-electron chi connectivity index (χ1n) is 6.84. The third-order valence-electron chi connectivity index (χ3n) is 2.95. The van der Waals surface area contributed by atoms with Crippen molar-refractivity contribution in [2.24, 2.45) is 0 Å². The Balaban J connectivity index is 1.75. The van der Waals surface area contributed by atoms with E-state index in [4.69, 9.17) is 4.74 Å². The molecule has 0 aromatic heterocycles. The molecule has 7 heteroatoms. The number of nitrogens with one attached hydrogen (secondary N) is 2. The zero-order valence-electron chi connectivity index (χ0n) is 12.3. The number of aryl methyl sites for hydroxylation is 1. The summed E-state index contributed by atoms with van der Waals surface area (Å²) in [5.41, 5.74) is 1.66. The largest absolute Gasteiger partial charge is 0.489 e. The summed E-state index contributed by atoms with van der Waals surface area (Å²) in [7, 11) is 0. The van der Waals surface area contributed by atoms with Gasteiger partial charge in [-0.05, 0) is 42.8 Å². The van der Waals surface area contributed by atoms with Crippen molar-refractivity contribution >= 4 is 27.6 Å². The summed E-state index contributed by atoms with van der Waals surface area (Å²) in [5.74, 6) is -1.51. The van der Waals surface area contributed by atoms with Crippen LogP contribution in [0, 0.1) is 18.6 Å². The number of ether oxygens (including phenoxy) is 1. The SMILES string of the molecule is Cc1cc(NC(=O)NCCOc2ccc(F)cc2F)ccc1Br. The highest BCUT2D eigenvalue weighted by molar-refractivity contribution is 9.10. The van der Waals surface area contributed by atoms with Crippen molar-refractivity contribution < 1.29 is 18.3 Å². The Morgan fingerprint density at radius 3 is 2.70 bits per heavy atom. The second-order valence-corrected chi connectivity index (χ2v) is 5.62. The van der Waals surface area contributed by atoms with E-state index in [9.17, 15) is 13.6 Å². The van der Waals surface area contributed by atoms with E-state index in [1.165, 1.54) is 6.07 Å². The molecule has 0 radical (unpaired) electrons. The molecule has 122 valence electrons. The lowest BCUT2D eigenvalue weighted by Gasteiger charge is -2.10. The highest BCUT2D eigenvalue weighted by Gasteiger charge is 2.06. The second kappa shape index (κ2) is 7.92. The van der Waals surface area contributed by atoms with E-state index in [0.29, 0.717) is 5.69 Å². The zero-order valence-corrected chi connectivity index (χ0v) is 13.9. The van der Waals surface area contributed by atoms with E-state index < -0.39 is 17.7 Å². The van der Waals surface area contributed by atoms with Gasteiger partial charge in [-0.15, -0.1) is 0 Å². The van der Waals surface area contributed by atoms with Crippen LogP contribution >= 0.6 is 15.9 Å². The first-order chi connectivity index (χ1) is 11.0. The van der Waals surface area contributed by atoms with Crippen molar-refractivity contribution in [1.82, 2.24) is 5.32 Å².